The summed E-state index contributed by atoms with van der Waals surface area (Å²) >= 11 is 0. The van der Waals surface area contributed by atoms with Gasteiger partial charge in [0.15, 0.2) is 0 Å². The van der Waals surface area contributed by atoms with Gasteiger partial charge in [0, 0.05) is 23.8 Å². The lowest BCUT2D eigenvalue weighted by Crippen LogP contribution is -2.38. The molecule has 148 valence electrons. The summed E-state index contributed by atoms with van der Waals surface area (Å²) < 4.78 is 5.54. The number of rotatable bonds is 5. The fourth-order valence-corrected chi connectivity index (χ4v) is 3.35. The Bertz CT molecular complexity index is 864. The molecule has 1 aliphatic rings. The van der Waals surface area contributed by atoms with E-state index in [1.54, 1.807) is 6.07 Å². The molecule has 2 N–H and O–H groups in total. The molecule has 0 aliphatic carbocycles. The quantitative estimate of drug-likeness (QED) is 0.791. The second-order valence-electron chi connectivity index (χ2n) is 7.10. The van der Waals surface area contributed by atoms with E-state index >= 15 is 0 Å². The van der Waals surface area contributed by atoms with Crippen LogP contribution in [-0.2, 0) is 11.2 Å². The Morgan fingerprint density at radius 3 is 2.68 bits per heavy atom. The van der Waals surface area contributed by atoms with Gasteiger partial charge < -0.3 is 20.3 Å². The molecule has 0 radical (unpaired) electrons. The fourth-order valence-electron chi connectivity index (χ4n) is 3.35. The van der Waals surface area contributed by atoms with Crippen molar-refractivity contribution in [3.8, 4) is 5.75 Å². The smallest absolute Gasteiger partial charge is 0.323 e. The first-order valence-electron chi connectivity index (χ1n) is 9.73. The van der Waals surface area contributed by atoms with Gasteiger partial charge in [0.25, 0.3) is 0 Å². The van der Waals surface area contributed by atoms with Crippen molar-refractivity contribution in [1.82, 2.24) is 0 Å². The zero-order valence-electron chi connectivity index (χ0n) is 16.6. The minimum Gasteiger partial charge on any atom is -0.492 e. The fraction of sp³-hybridized carbons (Fsp3) is 0.364. The van der Waals surface area contributed by atoms with E-state index in [0.29, 0.717) is 23.7 Å². The molecule has 1 heterocycles. The minimum absolute atomic E-state index is 0.0417. The Hall–Kier alpha value is -3.02. The molecule has 6 nitrogen and oxygen atoms in total. The van der Waals surface area contributed by atoms with E-state index in [1.165, 1.54) is 0 Å². The highest BCUT2D eigenvalue weighted by Crippen LogP contribution is 2.31. The minimum atomic E-state index is -0.335. The van der Waals surface area contributed by atoms with Crippen LogP contribution in [0.1, 0.15) is 32.8 Å². The normalized spacial score (nSPS) is 13.1. The van der Waals surface area contributed by atoms with Gasteiger partial charge in [-0.05, 0) is 55.7 Å². The molecule has 28 heavy (non-hydrogen) atoms. The van der Waals surface area contributed by atoms with E-state index < -0.39 is 0 Å². The van der Waals surface area contributed by atoms with Crippen molar-refractivity contribution < 1.29 is 14.3 Å². The van der Waals surface area contributed by atoms with Crippen molar-refractivity contribution in [2.24, 2.45) is 5.92 Å². The predicted octanol–water partition coefficient (Wildman–Crippen LogP) is 4.66. The average Bonchev–Trinajstić information content (AvgIpc) is 2.68. The van der Waals surface area contributed by atoms with Crippen LogP contribution >= 0.6 is 0 Å². The summed E-state index contributed by atoms with van der Waals surface area (Å²) in [6.45, 7) is 6.99. The Labute approximate surface area is 165 Å². The third-order valence-corrected chi connectivity index (χ3v) is 4.65. The molecular formula is C22H27N3O3. The van der Waals surface area contributed by atoms with Crippen LogP contribution in [0.3, 0.4) is 0 Å². The number of ether oxygens (including phenoxy) is 1. The number of urea groups is 1. The van der Waals surface area contributed by atoms with Crippen molar-refractivity contribution in [2.45, 2.75) is 33.6 Å². The number of nitrogens with zero attached hydrogens (tertiary/aromatic N) is 1. The van der Waals surface area contributed by atoms with Gasteiger partial charge in [-0.25, -0.2) is 4.79 Å². The third-order valence-electron chi connectivity index (χ3n) is 4.65. The molecule has 0 spiro atoms. The second-order valence-corrected chi connectivity index (χ2v) is 7.10. The molecule has 0 bridgehead atoms. The number of aryl methyl sites for hydroxylation is 1. The van der Waals surface area contributed by atoms with E-state index in [4.69, 9.17) is 4.74 Å². The number of fused-ring (bicyclic) bond motifs is 1. The van der Waals surface area contributed by atoms with Crippen molar-refractivity contribution in [2.75, 3.05) is 28.7 Å². The van der Waals surface area contributed by atoms with E-state index in [1.807, 2.05) is 62.1 Å². The summed E-state index contributed by atoms with van der Waals surface area (Å²) in [6, 6.07) is 12.7. The molecule has 6 heteroatoms. The number of hydrogen-bond donors (Lipinski definition) is 2. The molecule has 1 aliphatic heterocycles. The van der Waals surface area contributed by atoms with Crippen molar-refractivity contribution in [3.63, 3.8) is 0 Å². The first-order valence-corrected chi connectivity index (χ1v) is 9.73. The lowest BCUT2D eigenvalue weighted by atomic mass is 9.99. The first-order chi connectivity index (χ1) is 13.5. The molecule has 2 aromatic rings. The summed E-state index contributed by atoms with van der Waals surface area (Å²) in [5.41, 5.74) is 3.34. The van der Waals surface area contributed by atoms with Crippen molar-refractivity contribution >= 4 is 29.0 Å². The molecule has 3 rings (SSSR count). The highest BCUT2D eigenvalue weighted by atomic mass is 16.5. The molecule has 3 amide bonds. The van der Waals surface area contributed by atoms with E-state index in [2.05, 4.69) is 10.6 Å². The van der Waals surface area contributed by atoms with Crippen LogP contribution in [0.2, 0.25) is 0 Å². The summed E-state index contributed by atoms with van der Waals surface area (Å²) in [4.78, 5) is 26.7. The molecule has 0 atom stereocenters. The van der Waals surface area contributed by atoms with Gasteiger partial charge in [-0.1, -0.05) is 26.0 Å². The van der Waals surface area contributed by atoms with Crippen molar-refractivity contribution in [3.05, 3.63) is 48.0 Å². The summed E-state index contributed by atoms with van der Waals surface area (Å²) in [7, 11) is 0. The maximum atomic E-state index is 12.4. The van der Waals surface area contributed by atoms with Gasteiger partial charge in [-0.2, -0.15) is 0 Å². The van der Waals surface area contributed by atoms with Gasteiger partial charge in [0.05, 0.1) is 12.3 Å². The lowest BCUT2D eigenvalue weighted by molar-refractivity contribution is -0.121. The number of carbonyl (C=O) groups is 2. The molecular weight excluding hydrogens is 354 g/mol. The molecule has 0 unspecified atom stereocenters. The predicted molar refractivity (Wildman–Crippen MR) is 112 cm³/mol. The zero-order chi connectivity index (χ0) is 20.1. The van der Waals surface area contributed by atoms with Crippen LogP contribution in [0.5, 0.6) is 5.75 Å². The molecule has 0 aromatic heterocycles. The maximum Gasteiger partial charge on any atom is 0.323 e. The maximum absolute atomic E-state index is 12.4. The van der Waals surface area contributed by atoms with Crippen LogP contribution in [0.15, 0.2) is 42.5 Å². The Balaban J connectivity index is 1.72. The van der Waals surface area contributed by atoms with Gasteiger partial charge in [0.1, 0.15) is 5.75 Å². The molecule has 2 aromatic carbocycles. The number of amides is 3. The van der Waals surface area contributed by atoms with Crippen LogP contribution in [-0.4, -0.2) is 25.1 Å². The van der Waals surface area contributed by atoms with Crippen LogP contribution in [0.4, 0.5) is 21.9 Å². The standard InChI is InChI=1S/C22H27N3O3/c1-4-28-20-10-6-5-9-18(20)24-22(27)23-17-11-12-19-16(14-17)8-7-13-25(19)21(26)15(2)3/h5-6,9-12,14-15H,4,7-8,13H2,1-3H3,(H2,23,24,27). The Kier molecular flexibility index (Phi) is 6.19. The van der Waals surface area contributed by atoms with Crippen molar-refractivity contribution in [1.29, 1.82) is 0 Å². The first kappa shape index (κ1) is 19.7. The van der Waals surface area contributed by atoms with E-state index in [9.17, 15) is 9.59 Å². The number of nitrogens with one attached hydrogen (secondary N) is 2. The number of para-hydroxylation sites is 2. The van der Waals surface area contributed by atoms with Crippen LogP contribution in [0, 0.1) is 5.92 Å². The van der Waals surface area contributed by atoms with Crippen LogP contribution in [0.25, 0.3) is 0 Å². The lowest BCUT2D eigenvalue weighted by Gasteiger charge is -2.31. The summed E-state index contributed by atoms with van der Waals surface area (Å²) in [5.74, 6) is 0.723. The average molecular weight is 381 g/mol. The SMILES string of the molecule is CCOc1ccccc1NC(=O)Nc1ccc2c(c1)CCCN2C(=O)C(C)C. The zero-order valence-corrected chi connectivity index (χ0v) is 16.6. The monoisotopic (exact) mass is 381 g/mol. The second kappa shape index (κ2) is 8.78. The summed E-state index contributed by atoms with van der Waals surface area (Å²) in [6.07, 6.45) is 1.81. The topological polar surface area (TPSA) is 70.7 Å². The van der Waals surface area contributed by atoms with Crippen LogP contribution < -0.4 is 20.3 Å². The highest BCUT2D eigenvalue weighted by Gasteiger charge is 2.24. The van der Waals surface area contributed by atoms with Gasteiger partial charge >= 0.3 is 6.03 Å². The number of anilines is 3. The highest BCUT2D eigenvalue weighted by molar-refractivity contribution is 6.01. The van der Waals surface area contributed by atoms with Gasteiger partial charge in [-0.3, -0.25) is 4.79 Å². The van der Waals surface area contributed by atoms with E-state index in [0.717, 1.165) is 30.6 Å². The van der Waals surface area contributed by atoms with Gasteiger partial charge in [0.2, 0.25) is 5.91 Å². The third kappa shape index (κ3) is 4.44. The largest absolute Gasteiger partial charge is 0.492 e. The molecule has 0 saturated heterocycles. The molecule has 0 fully saturated rings. The van der Waals surface area contributed by atoms with E-state index in [-0.39, 0.29) is 17.9 Å². The number of benzene rings is 2. The number of carbonyl (C=O) groups excluding carboxylic acids is 2. The summed E-state index contributed by atoms with van der Waals surface area (Å²) in [5, 5.41) is 5.69. The molecule has 0 saturated carbocycles. The Morgan fingerprint density at radius 1 is 1.14 bits per heavy atom. The van der Waals surface area contributed by atoms with Gasteiger partial charge in [-0.15, -0.1) is 0 Å². The Morgan fingerprint density at radius 2 is 1.93 bits per heavy atom. The number of hydrogen-bond acceptors (Lipinski definition) is 3.